The number of aryl methyl sites for hydroxylation is 1. The molecule has 5 nitrogen and oxygen atoms in total. The molecule has 1 saturated heterocycles. The Bertz CT molecular complexity index is 923. The van der Waals surface area contributed by atoms with Crippen molar-refractivity contribution in [1.29, 1.82) is 0 Å². The summed E-state index contributed by atoms with van der Waals surface area (Å²) in [4.78, 5) is 26.9. The van der Waals surface area contributed by atoms with Crippen molar-refractivity contribution in [2.24, 2.45) is 0 Å². The second-order valence-electron chi connectivity index (χ2n) is 6.42. The molecule has 0 atom stereocenters. The Morgan fingerprint density at radius 3 is 2.61 bits per heavy atom. The van der Waals surface area contributed by atoms with E-state index in [9.17, 15) is 9.59 Å². The fourth-order valence-electron chi connectivity index (χ4n) is 2.86. The Kier molecular flexibility index (Phi) is 6.41. The van der Waals surface area contributed by atoms with Crippen molar-refractivity contribution < 1.29 is 19.1 Å². The molecule has 0 saturated carbocycles. The second-order valence-corrected chi connectivity index (χ2v) is 7.41. The van der Waals surface area contributed by atoms with Crippen LogP contribution in [0.15, 0.2) is 47.4 Å². The smallest absolute Gasteiger partial charge is 0.298 e. The van der Waals surface area contributed by atoms with E-state index in [1.165, 1.54) is 4.90 Å². The third-order valence-electron chi connectivity index (χ3n) is 4.39. The molecule has 2 aromatic rings. The summed E-state index contributed by atoms with van der Waals surface area (Å²) in [7, 11) is 1.58. The standard InChI is InChI=1S/C22H23NO4S/c1-4-5-12-27-18-11-10-16(13-19(18)26-3)14-20-21(24)23(22(25)28-20)17-9-7-6-8-15(17)2/h6-11,13-14H,4-5,12H2,1-3H3. The minimum atomic E-state index is -0.313. The van der Waals surface area contributed by atoms with Crippen molar-refractivity contribution in [2.75, 3.05) is 18.6 Å². The van der Waals surface area contributed by atoms with E-state index < -0.39 is 0 Å². The lowest BCUT2D eigenvalue weighted by Gasteiger charge is -2.14. The van der Waals surface area contributed by atoms with E-state index in [-0.39, 0.29) is 11.1 Å². The van der Waals surface area contributed by atoms with Gasteiger partial charge >= 0.3 is 0 Å². The van der Waals surface area contributed by atoms with Crippen molar-refractivity contribution in [3.8, 4) is 11.5 Å². The summed E-state index contributed by atoms with van der Waals surface area (Å²) < 4.78 is 11.2. The summed E-state index contributed by atoms with van der Waals surface area (Å²) in [5, 5.41) is -0.294. The molecule has 0 bridgehead atoms. The Morgan fingerprint density at radius 2 is 1.89 bits per heavy atom. The predicted octanol–water partition coefficient (Wildman–Crippen LogP) is 5.42. The monoisotopic (exact) mass is 397 g/mol. The number of imide groups is 1. The van der Waals surface area contributed by atoms with E-state index in [1.54, 1.807) is 19.3 Å². The Morgan fingerprint density at radius 1 is 1.11 bits per heavy atom. The number of amides is 2. The van der Waals surface area contributed by atoms with Crippen LogP contribution in [-0.2, 0) is 4.79 Å². The molecule has 1 aliphatic heterocycles. The lowest BCUT2D eigenvalue weighted by Crippen LogP contribution is -2.28. The maximum absolute atomic E-state index is 12.8. The summed E-state index contributed by atoms with van der Waals surface area (Å²) in [5.74, 6) is 0.954. The number of methoxy groups -OCH3 is 1. The molecule has 0 aromatic heterocycles. The number of ether oxygens (including phenoxy) is 2. The molecule has 2 aromatic carbocycles. The van der Waals surface area contributed by atoms with Crippen LogP contribution in [0.3, 0.4) is 0 Å². The minimum Gasteiger partial charge on any atom is -0.493 e. The van der Waals surface area contributed by atoms with Gasteiger partial charge in [0.2, 0.25) is 0 Å². The molecule has 1 aliphatic rings. The molecule has 0 radical (unpaired) electrons. The van der Waals surface area contributed by atoms with Crippen LogP contribution in [-0.4, -0.2) is 24.9 Å². The molecular weight excluding hydrogens is 374 g/mol. The normalized spacial score (nSPS) is 15.4. The second kappa shape index (κ2) is 8.97. The topological polar surface area (TPSA) is 55.8 Å². The van der Waals surface area contributed by atoms with E-state index in [0.717, 1.165) is 35.7 Å². The van der Waals surface area contributed by atoms with Crippen molar-refractivity contribution in [3.63, 3.8) is 0 Å². The van der Waals surface area contributed by atoms with Crippen LogP contribution < -0.4 is 14.4 Å². The highest BCUT2D eigenvalue weighted by atomic mass is 32.2. The number of para-hydroxylation sites is 1. The first-order valence-electron chi connectivity index (χ1n) is 9.19. The van der Waals surface area contributed by atoms with Crippen LogP contribution in [0.2, 0.25) is 0 Å². The maximum atomic E-state index is 12.8. The summed E-state index contributed by atoms with van der Waals surface area (Å²) in [5.41, 5.74) is 2.27. The molecule has 1 fully saturated rings. The highest BCUT2D eigenvalue weighted by Gasteiger charge is 2.36. The highest BCUT2D eigenvalue weighted by molar-refractivity contribution is 8.19. The van der Waals surface area contributed by atoms with E-state index in [0.29, 0.717) is 28.7 Å². The van der Waals surface area contributed by atoms with Crippen LogP contribution in [0.5, 0.6) is 11.5 Å². The SMILES string of the molecule is CCCCOc1ccc(C=C2SC(=O)N(c3ccccc3C)C2=O)cc1OC. The van der Waals surface area contributed by atoms with Crippen LogP contribution in [0.4, 0.5) is 10.5 Å². The summed E-state index contributed by atoms with van der Waals surface area (Å²) >= 11 is 0.941. The summed E-state index contributed by atoms with van der Waals surface area (Å²) in [6, 6.07) is 12.8. The van der Waals surface area contributed by atoms with E-state index in [1.807, 2.05) is 43.3 Å². The fraction of sp³-hybridized carbons (Fsp3) is 0.273. The van der Waals surface area contributed by atoms with Gasteiger partial charge in [-0.15, -0.1) is 0 Å². The number of thioether (sulfide) groups is 1. The van der Waals surface area contributed by atoms with E-state index >= 15 is 0 Å². The third-order valence-corrected chi connectivity index (χ3v) is 5.26. The molecular formula is C22H23NO4S. The average Bonchev–Trinajstić information content (AvgIpc) is 2.96. The largest absolute Gasteiger partial charge is 0.493 e. The van der Waals surface area contributed by atoms with Gasteiger partial charge in [0.25, 0.3) is 11.1 Å². The van der Waals surface area contributed by atoms with Gasteiger partial charge < -0.3 is 9.47 Å². The zero-order valence-electron chi connectivity index (χ0n) is 16.2. The molecule has 0 aliphatic carbocycles. The maximum Gasteiger partial charge on any atom is 0.298 e. The Hall–Kier alpha value is -2.73. The average molecular weight is 397 g/mol. The minimum absolute atomic E-state index is 0.294. The van der Waals surface area contributed by atoms with Gasteiger partial charge in [0, 0.05) is 0 Å². The summed E-state index contributed by atoms with van der Waals surface area (Å²) in [6.07, 6.45) is 3.73. The first-order valence-corrected chi connectivity index (χ1v) is 10.0. The number of rotatable bonds is 7. The van der Waals surface area contributed by atoms with Crippen molar-refractivity contribution in [1.82, 2.24) is 0 Å². The number of carbonyl (C=O) groups excluding carboxylic acids is 2. The van der Waals surface area contributed by atoms with Crippen LogP contribution in [0.25, 0.3) is 6.08 Å². The van der Waals surface area contributed by atoms with Gasteiger partial charge in [-0.05, 0) is 60.5 Å². The number of hydrogen-bond donors (Lipinski definition) is 0. The van der Waals surface area contributed by atoms with Gasteiger partial charge in [0.05, 0.1) is 24.3 Å². The molecule has 28 heavy (non-hydrogen) atoms. The van der Waals surface area contributed by atoms with Gasteiger partial charge in [-0.3, -0.25) is 9.59 Å². The zero-order valence-corrected chi connectivity index (χ0v) is 17.0. The van der Waals surface area contributed by atoms with Gasteiger partial charge in [-0.1, -0.05) is 37.6 Å². The van der Waals surface area contributed by atoms with E-state index in [4.69, 9.17) is 9.47 Å². The lowest BCUT2D eigenvalue weighted by atomic mass is 10.1. The number of anilines is 1. The van der Waals surface area contributed by atoms with E-state index in [2.05, 4.69) is 6.92 Å². The van der Waals surface area contributed by atoms with Gasteiger partial charge in [-0.2, -0.15) is 0 Å². The Labute approximate surface area is 169 Å². The van der Waals surface area contributed by atoms with Gasteiger partial charge in [0.1, 0.15) is 0 Å². The van der Waals surface area contributed by atoms with Crippen molar-refractivity contribution in [2.45, 2.75) is 26.7 Å². The number of unbranched alkanes of at least 4 members (excludes halogenated alkanes) is 1. The van der Waals surface area contributed by atoms with Crippen molar-refractivity contribution >= 4 is 34.7 Å². The molecule has 2 amide bonds. The molecule has 146 valence electrons. The van der Waals surface area contributed by atoms with Crippen molar-refractivity contribution in [3.05, 3.63) is 58.5 Å². The predicted molar refractivity (Wildman–Crippen MR) is 113 cm³/mol. The number of nitrogens with zero attached hydrogens (tertiary/aromatic N) is 1. The zero-order chi connectivity index (χ0) is 20.1. The lowest BCUT2D eigenvalue weighted by molar-refractivity contribution is -0.113. The first-order chi connectivity index (χ1) is 13.5. The van der Waals surface area contributed by atoms with Crippen LogP contribution >= 0.6 is 11.8 Å². The quantitative estimate of drug-likeness (QED) is 0.461. The molecule has 6 heteroatoms. The number of benzene rings is 2. The summed E-state index contributed by atoms with van der Waals surface area (Å²) in [6.45, 7) is 4.61. The van der Waals surface area contributed by atoms with Gasteiger partial charge in [-0.25, -0.2) is 4.90 Å². The fourth-order valence-corrected chi connectivity index (χ4v) is 3.70. The third kappa shape index (κ3) is 4.22. The number of carbonyl (C=O) groups is 2. The molecule has 0 unspecified atom stereocenters. The van der Waals surface area contributed by atoms with Crippen LogP contribution in [0, 0.1) is 6.92 Å². The molecule has 1 heterocycles. The first kappa shape index (κ1) is 20.0. The van der Waals surface area contributed by atoms with Crippen LogP contribution in [0.1, 0.15) is 30.9 Å². The van der Waals surface area contributed by atoms with Gasteiger partial charge in [0.15, 0.2) is 11.5 Å². The number of hydrogen-bond acceptors (Lipinski definition) is 5. The molecule has 0 spiro atoms. The highest BCUT2D eigenvalue weighted by Crippen LogP contribution is 2.38. The Balaban J connectivity index is 1.85. The molecule has 3 rings (SSSR count). The molecule has 0 N–H and O–H groups in total.